The minimum atomic E-state index is -3.89. The average molecular weight is 491 g/mol. The molecule has 0 radical (unpaired) electrons. The molecule has 0 unspecified atom stereocenters. The molecule has 2 aliphatic rings. The molecular formula is C23H23ClN2O6S. The van der Waals surface area contributed by atoms with E-state index in [4.69, 9.17) is 25.8 Å². The number of pyridine rings is 1. The van der Waals surface area contributed by atoms with E-state index in [0.717, 1.165) is 18.2 Å². The van der Waals surface area contributed by atoms with Gasteiger partial charge in [-0.1, -0.05) is 11.6 Å². The maximum Gasteiger partial charge on any atom is 0.252 e. The average Bonchev–Trinajstić information content (AvgIpc) is 3.31. The highest BCUT2D eigenvalue weighted by molar-refractivity contribution is 7.89. The predicted molar refractivity (Wildman–Crippen MR) is 124 cm³/mol. The van der Waals surface area contributed by atoms with Crippen molar-refractivity contribution >= 4 is 32.5 Å². The van der Waals surface area contributed by atoms with Crippen LogP contribution in [-0.2, 0) is 21.3 Å². The van der Waals surface area contributed by atoms with Gasteiger partial charge in [0.1, 0.15) is 13.2 Å². The van der Waals surface area contributed by atoms with Crippen molar-refractivity contribution in [2.75, 3.05) is 26.4 Å². The topological polar surface area (TPSA) is 97.9 Å². The Hall–Kier alpha value is -2.59. The molecule has 2 aromatic carbocycles. The fraction of sp³-hybridized carbons (Fsp3) is 0.348. The third-order valence-corrected chi connectivity index (χ3v) is 7.89. The lowest BCUT2D eigenvalue weighted by molar-refractivity contribution is 0.0925. The summed E-state index contributed by atoms with van der Waals surface area (Å²) in [6.07, 6.45) is 1.43. The summed E-state index contributed by atoms with van der Waals surface area (Å²) in [7, 11) is -3.89. The molecule has 2 aliphatic heterocycles. The molecule has 0 spiro atoms. The molecule has 3 heterocycles. The van der Waals surface area contributed by atoms with Gasteiger partial charge in [0.15, 0.2) is 11.5 Å². The fourth-order valence-corrected chi connectivity index (χ4v) is 5.69. The Kier molecular flexibility index (Phi) is 6.05. The zero-order valence-electron chi connectivity index (χ0n) is 17.8. The van der Waals surface area contributed by atoms with Crippen molar-refractivity contribution in [1.29, 1.82) is 0 Å². The first-order valence-corrected chi connectivity index (χ1v) is 12.5. The van der Waals surface area contributed by atoms with Crippen molar-refractivity contribution in [2.24, 2.45) is 0 Å². The van der Waals surface area contributed by atoms with Crippen LogP contribution in [0.4, 0.5) is 0 Å². The van der Waals surface area contributed by atoms with Crippen molar-refractivity contribution < 1.29 is 22.6 Å². The van der Waals surface area contributed by atoms with Crippen LogP contribution in [0.1, 0.15) is 18.4 Å². The Bertz CT molecular complexity index is 1330. The van der Waals surface area contributed by atoms with Crippen LogP contribution in [0.15, 0.2) is 52.2 Å². The maximum atomic E-state index is 13.5. The zero-order valence-corrected chi connectivity index (χ0v) is 19.3. The number of ether oxygens (including phenoxy) is 3. The second kappa shape index (κ2) is 8.98. The summed E-state index contributed by atoms with van der Waals surface area (Å²) in [5.41, 5.74) is 0.566. The minimum Gasteiger partial charge on any atom is -0.486 e. The van der Waals surface area contributed by atoms with Crippen LogP contribution < -0.4 is 15.0 Å². The number of benzene rings is 2. The smallest absolute Gasteiger partial charge is 0.252 e. The number of halogens is 1. The lowest BCUT2D eigenvalue weighted by Crippen LogP contribution is -2.38. The normalized spacial score (nSPS) is 18.2. The van der Waals surface area contributed by atoms with Crippen LogP contribution in [0, 0.1) is 0 Å². The number of nitrogens with zero attached hydrogens (tertiary/aromatic N) is 1. The van der Waals surface area contributed by atoms with Gasteiger partial charge in [-0.3, -0.25) is 4.79 Å². The number of aromatic nitrogens is 1. The van der Waals surface area contributed by atoms with Crippen LogP contribution in [0.3, 0.4) is 0 Å². The van der Waals surface area contributed by atoms with E-state index in [2.05, 4.69) is 4.98 Å². The molecule has 3 aromatic rings. The van der Waals surface area contributed by atoms with E-state index in [-0.39, 0.29) is 29.6 Å². The summed E-state index contributed by atoms with van der Waals surface area (Å²) in [4.78, 5) is 15.8. The summed E-state index contributed by atoms with van der Waals surface area (Å²) >= 11 is 5.94. The summed E-state index contributed by atoms with van der Waals surface area (Å²) in [6, 6.07) is 11.2. The zero-order chi connectivity index (χ0) is 23.0. The van der Waals surface area contributed by atoms with Crippen molar-refractivity contribution in [3.05, 3.63) is 63.4 Å². The van der Waals surface area contributed by atoms with E-state index in [1.54, 1.807) is 18.2 Å². The molecule has 1 fully saturated rings. The summed E-state index contributed by atoms with van der Waals surface area (Å²) in [5, 5.41) is 1.18. The molecule has 1 atom stereocenters. The SMILES string of the molecule is O=c1[nH]c2cc3c(cc2cc1CN(C[C@H]1CCCO1)S(=O)(=O)c1ccc(Cl)cc1)OCCO3. The Morgan fingerprint density at radius 2 is 1.76 bits per heavy atom. The van der Waals surface area contributed by atoms with Crippen LogP contribution in [0.5, 0.6) is 11.5 Å². The highest BCUT2D eigenvalue weighted by Gasteiger charge is 2.30. The summed E-state index contributed by atoms with van der Waals surface area (Å²) in [5.74, 6) is 1.17. The van der Waals surface area contributed by atoms with E-state index in [1.165, 1.54) is 28.6 Å². The third-order valence-electron chi connectivity index (χ3n) is 5.81. The molecule has 1 aromatic heterocycles. The largest absolute Gasteiger partial charge is 0.486 e. The molecule has 8 nitrogen and oxygen atoms in total. The number of rotatable bonds is 6. The number of hydrogen-bond donors (Lipinski definition) is 1. The van der Waals surface area contributed by atoms with Gasteiger partial charge in [-0.15, -0.1) is 0 Å². The number of fused-ring (bicyclic) bond motifs is 2. The van der Waals surface area contributed by atoms with Gasteiger partial charge in [-0.2, -0.15) is 4.31 Å². The fourth-order valence-electron chi connectivity index (χ4n) is 4.11. The van der Waals surface area contributed by atoms with Crippen molar-refractivity contribution in [1.82, 2.24) is 9.29 Å². The number of sulfonamides is 1. The van der Waals surface area contributed by atoms with E-state index < -0.39 is 10.0 Å². The predicted octanol–water partition coefficient (Wildman–Crippen LogP) is 3.32. The van der Waals surface area contributed by atoms with Crippen molar-refractivity contribution in [3.8, 4) is 11.5 Å². The maximum absolute atomic E-state index is 13.5. The molecule has 5 rings (SSSR count). The first-order valence-electron chi connectivity index (χ1n) is 10.7. The third kappa shape index (κ3) is 4.59. The minimum absolute atomic E-state index is 0.0927. The van der Waals surface area contributed by atoms with Gasteiger partial charge in [0.25, 0.3) is 5.56 Å². The first kappa shape index (κ1) is 22.2. The van der Waals surface area contributed by atoms with Gasteiger partial charge < -0.3 is 19.2 Å². The van der Waals surface area contributed by atoms with Crippen LogP contribution in [-0.4, -0.2) is 50.2 Å². The molecule has 0 saturated carbocycles. The Morgan fingerprint density at radius 1 is 1.03 bits per heavy atom. The van der Waals surface area contributed by atoms with Gasteiger partial charge in [0.2, 0.25) is 10.0 Å². The van der Waals surface area contributed by atoms with E-state index in [0.29, 0.717) is 47.4 Å². The molecule has 0 bridgehead atoms. The van der Waals surface area contributed by atoms with Crippen molar-refractivity contribution in [2.45, 2.75) is 30.4 Å². The van der Waals surface area contributed by atoms with Gasteiger partial charge in [0.05, 0.1) is 16.5 Å². The van der Waals surface area contributed by atoms with Crippen LogP contribution in [0.25, 0.3) is 10.9 Å². The van der Waals surface area contributed by atoms with Crippen LogP contribution >= 0.6 is 11.6 Å². The Morgan fingerprint density at radius 3 is 2.45 bits per heavy atom. The lowest BCUT2D eigenvalue weighted by Gasteiger charge is -2.25. The first-order chi connectivity index (χ1) is 15.9. The van der Waals surface area contributed by atoms with E-state index in [9.17, 15) is 13.2 Å². The molecule has 1 saturated heterocycles. The second-order valence-electron chi connectivity index (χ2n) is 8.09. The standard InChI is InChI=1S/C23H23ClN2O6S/c24-17-3-5-19(6-4-17)33(28,29)26(14-18-2-1-7-30-18)13-16-10-15-11-21-22(32-9-8-31-21)12-20(15)25-23(16)27/h3-6,10-12,18H,1-2,7-9,13-14H2,(H,25,27)/t18-/m1/s1. The van der Waals surface area contributed by atoms with E-state index >= 15 is 0 Å². The number of aromatic amines is 1. The summed E-state index contributed by atoms with van der Waals surface area (Å²) in [6.45, 7) is 1.56. The molecule has 0 aliphatic carbocycles. The molecular weight excluding hydrogens is 468 g/mol. The van der Waals surface area contributed by atoms with Crippen LogP contribution in [0.2, 0.25) is 5.02 Å². The number of nitrogens with one attached hydrogen (secondary N) is 1. The molecule has 10 heteroatoms. The number of H-pyrrole nitrogens is 1. The van der Waals surface area contributed by atoms with Crippen molar-refractivity contribution in [3.63, 3.8) is 0 Å². The molecule has 174 valence electrons. The Labute approximate surface area is 196 Å². The number of hydrogen-bond acceptors (Lipinski definition) is 6. The van der Waals surface area contributed by atoms with Gasteiger partial charge in [-0.25, -0.2) is 8.42 Å². The second-order valence-corrected chi connectivity index (χ2v) is 10.5. The Balaban J connectivity index is 1.52. The van der Waals surface area contributed by atoms with Gasteiger partial charge >= 0.3 is 0 Å². The molecule has 0 amide bonds. The highest BCUT2D eigenvalue weighted by Crippen LogP contribution is 2.34. The quantitative estimate of drug-likeness (QED) is 0.569. The lowest BCUT2D eigenvalue weighted by atomic mass is 10.1. The molecule has 33 heavy (non-hydrogen) atoms. The monoisotopic (exact) mass is 490 g/mol. The highest BCUT2D eigenvalue weighted by atomic mass is 35.5. The van der Waals surface area contributed by atoms with Gasteiger partial charge in [-0.05, 0) is 49.2 Å². The molecule has 1 N–H and O–H groups in total. The van der Waals surface area contributed by atoms with Gasteiger partial charge in [0, 0.05) is 41.7 Å². The van der Waals surface area contributed by atoms with E-state index in [1.807, 2.05) is 0 Å². The summed E-state index contributed by atoms with van der Waals surface area (Å²) < 4.78 is 45.2.